The smallest absolute Gasteiger partial charge is 0.293 e. The van der Waals surface area contributed by atoms with Gasteiger partial charge in [0.15, 0.2) is 0 Å². The zero-order valence-electron chi connectivity index (χ0n) is 34.6. The number of hydrogen-bond donors (Lipinski definition) is 3. The molecule has 1 saturated carbocycles. The summed E-state index contributed by atoms with van der Waals surface area (Å²) in [5, 5.41) is 16.7. The first-order chi connectivity index (χ1) is 29.9. The maximum absolute atomic E-state index is 14.0. The number of carbonyl (C=O) groups excluding carboxylic acids is 1. The van der Waals surface area contributed by atoms with Gasteiger partial charge in [-0.05, 0) is 123 Å². The molecule has 1 spiro atoms. The summed E-state index contributed by atoms with van der Waals surface area (Å²) in [4.78, 5) is 37.3. The number of aromatic amines is 1. The third kappa shape index (κ3) is 9.17. The lowest BCUT2D eigenvalue weighted by molar-refractivity contribution is -0.384. The molecular formula is C46H50ClN7O7S. The monoisotopic (exact) mass is 879 g/mol. The molecule has 2 aliphatic heterocycles. The number of pyridine rings is 1. The van der Waals surface area contributed by atoms with Crippen LogP contribution in [0.5, 0.6) is 11.5 Å². The minimum atomic E-state index is -4.56. The molecule has 9 rings (SSSR count). The lowest BCUT2D eigenvalue weighted by atomic mass is 9.78. The van der Waals surface area contributed by atoms with Crippen molar-refractivity contribution in [2.75, 3.05) is 56.2 Å². The summed E-state index contributed by atoms with van der Waals surface area (Å²) >= 11 is 6.26. The van der Waals surface area contributed by atoms with Crippen molar-refractivity contribution in [2.45, 2.75) is 62.8 Å². The number of nitrogens with zero attached hydrogens (tertiary/aromatic N) is 4. The van der Waals surface area contributed by atoms with E-state index >= 15 is 0 Å². The number of halogens is 1. The van der Waals surface area contributed by atoms with Gasteiger partial charge in [-0.1, -0.05) is 29.3 Å². The maximum Gasteiger partial charge on any atom is 0.293 e. The maximum atomic E-state index is 14.0. The summed E-state index contributed by atoms with van der Waals surface area (Å²) < 4.78 is 41.3. The molecule has 1 amide bonds. The molecule has 4 heterocycles. The number of hydrogen-bond acceptors (Lipinski definition) is 11. The van der Waals surface area contributed by atoms with Crippen LogP contribution in [-0.2, 0) is 14.8 Å². The number of nitrogens with one attached hydrogen (secondary N) is 3. The number of nitro groups is 1. The van der Waals surface area contributed by atoms with Gasteiger partial charge in [-0.2, -0.15) is 0 Å². The summed E-state index contributed by atoms with van der Waals surface area (Å²) in [6.45, 7) is 7.17. The van der Waals surface area contributed by atoms with Crippen LogP contribution < -0.4 is 19.7 Å². The van der Waals surface area contributed by atoms with Crippen LogP contribution in [0.4, 0.5) is 17.1 Å². The highest BCUT2D eigenvalue weighted by molar-refractivity contribution is 7.90. The van der Waals surface area contributed by atoms with Gasteiger partial charge in [0.25, 0.3) is 21.6 Å². The van der Waals surface area contributed by atoms with Crippen molar-refractivity contribution >= 4 is 61.2 Å². The number of aromatic nitrogens is 2. The molecule has 3 aromatic carbocycles. The van der Waals surface area contributed by atoms with Gasteiger partial charge in [0.05, 0.1) is 21.6 Å². The normalized spacial score (nSPS) is 19.5. The van der Waals surface area contributed by atoms with Gasteiger partial charge >= 0.3 is 0 Å². The van der Waals surface area contributed by atoms with E-state index in [2.05, 4.69) is 48.9 Å². The van der Waals surface area contributed by atoms with Crippen LogP contribution >= 0.6 is 11.6 Å². The Hall–Kier alpha value is -5.48. The van der Waals surface area contributed by atoms with Crippen molar-refractivity contribution in [3.05, 3.63) is 117 Å². The highest BCUT2D eigenvalue weighted by atomic mass is 35.5. The molecule has 2 aromatic heterocycles. The van der Waals surface area contributed by atoms with Gasteiger partial charge in [0.2, 0.25) is 0 Å². The van der Waals surface area contributed by atoms with Crippen molar-refractivity contribution < 1.29 is 27.6 Å². The molecule has 3 N–H and O–H groups in total. The number of piperazine rings is 1. The Bertz CT molecular complexity index is 2640. The SMILES string of the molecule is C[C@@H]1CN(c2ccc(C(=O)NS(=O)(=O)c3ccc(NCC4CCOCC4)c([N+](=O)[O-])c3)c(Oc3cnc4[nH]ccc4c3)c2)CCN1CC1=C(c2ccc(Cl)cc2)CCC2(CC2)C1. The van der Waals surface area contributed by atoms with E-state index in [1.165, 1.54) is 54.3 Å². The Balaban J connectivity index is 0.943. The Morgan fingerprint density at radius 3 is 2.61 bits per heavy atom. The first kappa shape index (κ1) is 41.9. The third-order valence-electron chi connectivity index (χ3n) is 13.0. The molecule has 16 heteroatoms. The standard InChI is InChI=1S/C46H50ClN7O7S/c1-30-28-53(19-18-52(30)29-34-25-46(15-16-46)14-10-39(34)32-2-4-35(47)5-3-32)36-6-8-40(43(23-36)61-37-22-33-11-17-48-44(33)50-27-37)45(55)51-62(58,59)38-7-9-41(42(24-38)54(56)57)49-26-31-12-20-60-21-13-31/h2-9,11,17,22-24,27,30-31,49H,10,12-16,18-21,25-26,28-29H2,1H3,(H,48,50)(H,51,55)/t30-/m1/s1. The molecule has 4 aliphatic rings. The van der Waals surface area contributed by atoms with E-state index < -0.39 is 31.4 Å². The molecule has 2 saturated heterocycles. The molecule has 3 fully saturated rings. The first-order valence-corrected chi connectivity index (χ1v) is 23.2. The molecule has 1 atom stereocenters. The van der Waals surface area contributed by atoms with Crippen LogP contribution in [0.2, 0.25) is 5.02 Å². The van der Waals surface area contributed by atoms with Crippen molar-refractivity contribution in [3.63, 3.8) is 0 Å². The lowest BCUT2D eigenvalue weighted by Gasteiger charge is -2.42. The van der Waals surface area contributed by atoms with Gasteiger partial charge in [0, 0.05) is 86.4 Å². The van der Waals surface area contributed by atoms with E-state index in [4.69, 9.17) is 21.1 Å². The fraction of sp³-hybridized carbons (Fsp3) is 0.391. The predicted molar refractivity (Wildman–Crippen MR) is 240 cm³/mol. The Labute approximate surface area is 365 Å². The zero-order valence-corrected chi connectivity index (χ0v) is 36.1. The number of amides is 1. The van der Waals surface area contributed by atoms with Crippen molar-refractivity contribution in [3.8, 4) is 11.5 Å². The minimum Gasteiger partial charge on any atom is -0.455 e. The summed E-state index contributed by atoms with van der Waals surface area (Å²) in [6.07, 6.45) is 11.0. The zero-order chi connectivity index (χ0) is 43.0. The molecule has 62 heavy (non-hydrogen) atoms. The van der Waals surface area contributed by atoms with Gasteiger partial charge in [-0.3, -0.25) is 19.8 Å². The fourth-order valence-corrected chi connectivity index (χ4v) is 10.3. The number of H-pyrrole nitrogens is 1. The Morgan fingerprint density at radius 2 is 1.85 bits per heavy atom. The quantitative estimate of drug-likeness (QED) is 0.0763. The second-order valence-electron chi connectivity index (χ2n) is 17.2. The van der Waals surface area contributed by atoms with Crippen molar-refractivity contribution in [1.82, 2.24) is 19.6 Å². The summed E-state index contributed by atoms with van der Waals surface area (Å²) in [5.41, 5.74) is 5.93. The van der Waals surface area contributed by atoms with E-state index in [9.17, 15) is 23.3 Å². The average Bonchev–Trinajstić information content (AvgIpc) is 3.84. The second-order valence-corrected chi connectivity index (χ2v) is 19.3. The van der Waals surface area contributed by atoms with E-state index in [-0.39, 0.29) is 29.0 Å². The Morgan fingerprint density at radius 1 is 1.05 bits per heavy atom. The summed E-state index contributed by atoms with van der Waals surface area (Å²) in [5.74, 6) is -0.184. The lowest BCUT2D eigenvalue weighted by Crippen LogP contribution is -2.52. The summed E-state index contributed by atoms with van der Waals surface area (Å²) in [7, 11) is -4.56. The topological polar surface area (TPSA) is 172 Å². The van der Waals surface area contributed by atoms with E-state index in [0.29, 0.717) is 36.6 Å². The van der Waals surface area contributed by atoms with Crippen LogP contribution in [0.1, 0.15) is 67.8 Å². The molecule has 0 unspecified atom stereocenters. The highest BCUT2D eigenvalue weighted by Gasteiger charge is 2.45. The van der Waals surface area contributed by atoms with Crippen LogP contribution in [0.25, 0.3) is 16.6 Å². The van der Waals surface area contributed by atoms with Crippen LogP contribution in [0.3, 0.4) is 0 Å². The van der Waals surface area contributed by atoms with Gasteiger partial charge in [-0.15, -0.1) is 0 Å². The number of rotatable bonds is 13. The number of sulfonamides is 1. The van der Waals surface area contributed by atoms with Gasteiger partial charge < -0.3 is 24.7 Å². The van der Waals surface area contributed by atoms with Crippen LogP contribution in [0.15, 0.2) is 95.7 Å². The van der Waals surface area contributed by atoms with Crippen molar-refractivity contribution in [1.29, 1.82) is 0 Å². The molecule has 0 radical (unpaired) electrons. The number of benzene rings is 3. The third-order valence-corrected chi connectivity index (χ3v) is 14.6. The molecule has 5 aromatic rings. The van der Waals surface area contributed by atoms with E-state index in [1.807, 2.05) is 18.2 Å². The minimum absolute atomic E-state index is 0.0320. The van der Waals surface area contributed by atoms with Crippen molar-refractivity contribution in [2.24, 2.45) is 11.3 Å². The number of allylic oxidation sites excluding steroid dienone is 1. The number of fused-ring (bicyclic) bond motifs is 1. The summed E-state index contributed by atoms with van der Waals surface area (Å²) in [6, 6.07) is 20.8. The predicted octanol–water partition coefficient (Wildman–Crippen LogP) is 8.80. The number of anilines is 2. The largest absolute Gasteiger partial charge is 0.455 e. The number of nitro benzene ring substituents is 1. The Kier molecular flexibility index (Phi) is 11.7. The highest BCUT2D eigenvalue weighted by Crippen LogP contribution is 2.58. The van der Waals surface area contributed by atoms with Crippen LogP contribution in [-0.4, -0.2) is 86.1 Å². The second kappa shape index (κ2) is 17.4. The van der Waals surface area contributed by atoms with E-state index in [1.54, 1.807) is 30.5 Å². The van der Waals surface area contributed by atoms with Gasteiger partial charge in [0.1, 0.15) is 22.8 Å². The van der Waals surface area contributed by atoms with Gasteiger partial charge in [-0.25, -0.2) is 18.1 Å². The average molecular weight is 880 g/mol. The van der Waals surface area contributed by atoms with E-state index in [0.717, 1.165) is 74.0 Å². The first-order valence-electron chi connectivity index (χ1n) is 21.3. The number of ether oxygens (including phenoxy) is 2. The fourth-order valence-electron chi connectivity index (χ4n) is 9.18. The molecule has 2 aliphatic carbocycles. The van der Waals surface area contributed by atoms with Crippen LogP contribution in [0, 0.1) is 21.4 Å². The molecule has 0 bridgehead atoms. The molecule has 14 nitrogen and oxygen atoms in total. The number of carbonyl (C=O) groups is 1. The molecular weight excluding hydrogens is 830 g/mol. The molecule has 324 valence electrons.